The van der Waals surface area contributed by atoms with Crippen LogP contribution in [0.4, 0.5) is 0 Å². The highest BCUT2D eigenvalue weighted by Crippen LogP contribution is 2.27. The molecule has 1 aliphatic heterocycles. The molecule has 1 aliphatic rings. The van der Waals surface area contributed by atoms with Crippen LogP contribution in [0.1, 0.15) is 19.8 Å². The minimum absolute atomic E-state index is 0.0238. The Kier molecular flexibility index (Phi) is 6.38. The summed E-state index contributed by atoms with van der Waals surface area (Å²) in [6, 6.07) is 5.14. The first-order valence-electron chi connectivity index (χ1n) is 7.85. The van der Waals surface area contributed by atoms with Crippen LogP contribution in [-0.4, -0.2) is 57.8 Å². The van der Waals surface area contributed by atoms with Gasteiger partial charge in [0.25, 0.3) is 0 Å². The van der Waals surface area contributed by atoms with Crippen LogP contribution >= 0.6 is 0 Å². The van der Waals surface area contributed by atoms with Crippen LogP contribution in [0.3, 0.4) is 0 Å². The van der Waals surface area contributed by atoms with Gasteiger partial charge in [0.2, 0.25) is 10.0 Å². The highest BCUT2D eigenvalue weighted by molar-refractivity contribution is 7.89. The molecule has 0 amide bonds. The second kappa shape index (κ2) is 8.30. The van der Waals surface area contributed by atoms with Gasteiger partial charge < -0.3 is 14.3 Å². The zero-order chi connectivity index (χ0) is 18.4. The van der Waals surface area contributed by atoms with Crippen LogP contribution in [0.2, 0.25) is 0 Å². The number of hydrogen-bond donors (Lipinski definition) is 0. The number of rotatable bonds is 7. The first-order chi connectivity index (χ1) is 11.9. The minimum atomic E-state index is -3.89. The second-order valence-electron chi connectivity index (χ2n) is 5.45. The molecule has 0 spiro atoms. The van der Waals surface area contributed by atoms with Crippen molar-refractivity contribution in [1.29, 1.82) is 0 Å². The lowest BCUT2D eigenvalue weighted by molar-refractivity contribution is -0.144. The molecular formula is C16H22N2O6S. The molecule has 0 radical (unpaired) electrons. The van der Waals surface area contributed by atoms with Crippen molar-refractivity contribution in [3.8, 4) is 5.75 Å². The van der Waals surface area contributed by atoms with Crippen molar-refractivity contribution in [3.05, 3.63) is 24.3 Å². The highest BCUT2D eigenvalue weighted by Gasteiger charge is 2.43. The van der Waals surface area contributed by atoms with Gasteiger partial charge in [-0.15, -0.1) is 0 Å². The lowest BCUT2D eigenvalue weighted by Gasteiger charge is -2.21. The average molecular weight is 370 g/mol. The van der Waals surface area contributed by atoms with Crippen LogP contribution in [-0.2, 0) is 24.4 Å². The van der Waals surface area contributed by atoms with Crippen molar-refractivity contribution in [1.82, 2.24) is 4.31 Å². The number of oxime groups is 1. The van der Waals surface area contributed by atoms with Crippen LogP contribution in [0.15, 0.2) is 34.3 Å². The summed E-state index contributed by atoms with van der Waals surface area (Å²) in [7, 11) is -1.30. The van der Waals surface area contributed by atoms with Crippen LogP contribution in [0.25, 0.3) is 0 Å². The van der Waals surface area contributed by atoms with Crippen molar-refractivity contribution < 1.29 is 27.5 Å². The third kappa shape index (κ3) is 4.29. The Labute approximate surface area is 147 Å². The SMILES string of the molecule is CCCOc1ccc(S(=O)(=O)N2C/C(=N\OC)C[C@@H]2C(=O)OC)cc1. The number of carbonyl (C=O) groups excluding carboxylic acids is 1. The lowest BCUT2D eigenvalue weighted by Crippen LogP contribution is -2.41. The van der Waals surface area contributed by atoms with Gasteiger partial charge in [-0.3, -0.25) is 4.79 Å². The van der Waals surface area contributed by atoms with Gasteiger partial charge in [0.1, 0.15) is 18.9 Å². The largest absolute Gasteiger partial charge is 0.494 e. The third-order valence-corrected chi connectivity index (χ3v) is 5.58. The zero-order valence-corrected chi connectivity index (χ0v) is 15.3. The maximum atomic E-state index is 12.9. The number of esters is 1. The topological polar surface area (TPSA) is 94.5 Å². The number of nitrogens with zero attached hydrogens (tertiary/aromatic N) is 2. The molecule has 2 rings (SSSR count). The third-order valence-electron chi connectivity index (χ3n) is 3.71. The molecule has 0 aliphatic carbocycles. The van der Waals surface area contributed by atoms with E-state index in [0.29, 0.717) is 18.1 Å². The Bertz CT molecular complexity index is 729. The van der Waals surface area contributed by atoms with Crippen LogP contribution < -0.4 is 4.74 Å². The Hall–Kier alpha value is -2.13. The van der Waals surface area contributed by atoms with E-state index in [1.165, 1.54) is 26.4 Å². The summed E-state index contributed by atoms with van der Waals surface area (Å²) in [5.41, 5.74) is 0.462. The summed E-state index contributed by atoms with van der Waals surface area (Å²) in [6.07, 6.45) is 0.994. The molecule has 0 saturated carbocycles. The van der Waals surface area contributed by atoms with E-state index < -0.39 is 22.0 Å². The van der Waals surface area contributed by atoms with Crippen molar-refractivity contribution in [2.24, 2.45) is 5.16 Å². The number of ether oxygens (including phenoxy) is 2. The van der Waals surface area contributed by atoms with Gasteiger partial charge in [-0.05, 0) is 30.7 Å². The van der Waals surface area contributed by atoms with E-state index in [9.17, 15) is 13.2 Å². The summed E-state index contributed by atoms with van der Waals surface area (Å²) >= 11 is 0. The predicted octanol–water partition coefficient (Wildman–Crippen LogP) is 1.41. The van der Waals surface area contributed by atoms with E-state index in [1.807, 2.05) is 6.92 Å². The Morgan fingerprint density at radius 2 is 1.96 bits per heavy atom. The quantitative estimate of drug-likeness (QED) is 0.532. The summed E-state index contributed by atoms with van der Waals surface area (Å²) in [5.74, 6) is -0.0406. The number of hydrogen-bond acceptors (Lipinski definition) is 7. The Balaban J connectivity index is 2.29. The smallest absolute Gasteiger partial charge is 0.324 e. The van der Waals surface area contributed by atoms with E-state index >= 15 is 0 Å². The molecule has 138 valence electrons. The van der Waals surface area contributed by atoms with E-state index in [4.69, 9.17) is 14.3 Å². The van der Waals surface area contributed by atoms with Crippen molar-refractivity contribution in [2.75, 3.05) is 27.4 Å². The molecule has 1 fully saturated rings. The highest BCUT2D eigenvalue weighted by atomic mass is 32.2. The first-order valence-corrected chi connectivity index (χ1v) is 9.29. The fraction of sp³-hybridized carbons (Fsp3) is 0.500. The van der Waals surface area contributed by atoms with E-state index in [1.54, 1.807) is 12.1 Å². The van der Waals surface area contributed by atoms with Gasteiger partial charge in [0.05, 0.1) is 30.9 Å². The molecule has 1 aromatic rings. The van der Waals surface area contributed by atoms with Gasteiger partial charge in [0.15, 0.2) is 0 Å². The fourth-order valence-electron chi connectivity index (χ4n) is 2.53. The molecule has 1 atom stereocenters. The molecule has 0 unspecified atom stereocenters. The first kappa shape index (κ1) is 19.2. The summed E-state index contributed by atoms with van der Waals surface area (Å²) in [6.45, 7) is 2.52. The molecule has 1 heterocycles. The van der Waals surface area contributed by atoms with E-state index in [2.05, 4.69) is 5.16 Å². The summed E-state index contributed by atoms with van der Waals surface area (Å²) in [5, 5.41) is 3.78. The molecule has 1 saturated heterocycles. The molecule has 0 aromatic heterocycles. The maximum absolute atomic E-state index is 12.9. The predicted molar refractivity (Wildman–Crippen MR) is 91.0 cm³/mol. The molecule has 9 heteroatoms. The second-order valence-corrected chi connectivity index (χ2v) is 7.34. The molecule has 0 bridgehead atoms. The summed E-state index contributed by atoms with van der Waals surface area (Å²) in [4.78, 5) is 16.8. The zero-order valence-electron chi connectivity index (χ0n) is 14.5. The number of sulfonamides is 1. The molecule has 1 aromatic carbocycles. The number of carbonyl (C=O) groups is 1. The molecule has 25 heavy (non-hydrogen) atoms. The Morgan fingerprint density at radius 3 is 2.52 bits per heavy atom. The standard InChI is InChI=1S/C16H22N2O6S/c1-4-9-24-13-5-7-14(8-6-13)25(20,21)18-11-12(17-23-3)10-15(18)16(19)22-2/h5-8,15H,4,9-11H2,1-3H3/b17-12-/t15-/m1/s1. The van der Waals surface area contributed by atoms with Crippen molar-refractivity contribution in [3.63, 3.8) is 0 Å². The normalized spacial score (nSPS) is 19.8. The average Bonchev–Trinajstić information content (AvgIpc) is 3.05. The number of methoxy groups -OCH3 is 1. The molecular weight excluding hydrogens is 348 g/mol. The van der Waals surface area contributed by atoms with Gasteiger partial charge in [-0.25, -0.2) is 8.42 Å². The van der Waals surface area contributed by atoms with Gasteiger partial charge >= 0.3 is 5.97 Å². The maximum Gasteiger partial charge on any atom is 0.324 e. The monoisotopic (exact) mass is 370 g/mol. The van der Waals surface area contributed by atoms with E-state index in [-0.39, 0.29) is 17.9 Å². The fourth-order valence-corrected chi connectivity index (χ4v) is 4.09. The van der Waals surface area contributed by atoms with E-state index in [0.717, 1.165) is 10.7 Å². The van der Waals surface area contributed by atoms with Gasteiger partial charge in [-0.2, -0.15) is 4.31 Å². The van der Waals surface area contributed by atoms with Gasteiger partial charge in [0, 0.05) is 6.42 Å². The van der Waals surface area contributed by atoms with Crippen LogP contribution in [0.5, 0.6) is 5.75 Å². The van der Waals surface area contributed by atoms with Gasteiger partial charge in [-0.1, -0.05) is 12.1 Å². The van der Waals surface area contributed by atoms with Crippen molar-refractivity contribution >= 4 is 21.7 Å². The Morgan fingerprint density at radius 1 is 1.28 bits per heavy atom. The minimum Gasteiger partial charge on any atom is -0.494 e. The molecule has 0 N–H and O–H groups in total. The summed E-state index contributed by atoms with van der Waals surface area (Å²) < 4.78 is 37.1. The molecule has 8 nitrogen and oxygen atoms in total. The van der Waals surface area contributed by atoms with Crippen molar-refractivity contribution in [2.45, 2.75) is 30.7 Å². The lowest BCUT2D eigenvalue weighted by atomic mass is 10.2. The number of benzene rings is 1. The van der Waals surface area contributed by atoms with Crippen LogP contribution in [0, 0.1) is 0 Å².